The zero-order chi connectivity index (χ0) is 13.6. The highest BCUT2D eigenvalue weighted by atomic mass is 19.1. The van der Waals surface area contributed by atoms with Gasteiger partial charge in [0.1, 0.15) is 5.82 Å². The lowest BCUT2D eigenvalue weighted by atomic mass is 9.92. The lowest BCUT2D eigenvalue weighted by Gasteiger charge is -2.35. The van der Waals surface area contributed by atoms with Crippen molar-refractivity contribution in [3.05, 3.63) is 35.6 Å². The van der Waals surface area contributed by atoms with Crippen LogP contribution in [0.1, 0.15) is 33.3 Å². The SMILES string of the molecule is CCNC(Cc1ccccc1F)C(C)(C)OCC. The predicted molar refractivity (Wildman–Crippen MR) is 73.3 cm³/mol. The Morgan fingerprint density at radius 2 is 1.94 bits per heavy atom. The average molecular weight is 253 g/mol. The van der Waals surface area contributed by atoms with Gasteiger partial charge in [0, 0.05) is 12.6 Å². The Balaban J connectivity index is 2.83. The number of halogens is 1. The summed E-state index contributed by atoms with van der Waals surface area (Å²) in [6, 6.07) is 7.02. The van der Waals surface area contributed by atoms with E-state index in [-0.39, 0.29) is 17.5 Å². The molecule has 0 radical (unpaired) electrons. The summed E-state index contributed by atoms with van der Waals surface area (Å²) < 4.78 is 19.5. The second kappa shape index (κ2) is 6.86. The van der Waals surface area contributed by atoms with Crippen LogP contribution in [-0.2, 0) is 11.2 Å². The van der Waals surface area contributed by atoms with E-state index in [1.807, 2.05) is 32.9 Å². The summed E-state index contributed by atoms with van der Waals surface area (Å²) in [6.45, 7) is 9.63. The molecule has 1 aromatic carbocycles. The fraction of sp³-hybridized carbons (Fsp3) is 0.600. The fourth-order valence-electron chi connectivity index (χ4n) is 2.17. The third-order valence-corrected chi connectivity index (χ3v) is 3.19. The minimum absolute atomic E-state index is 0.0966. The molecule has 1 atom stereocenters. The Morgan fingerprint density at radius 3 is 2.50 bits per heavy atom. The maximum atomic E-state index is 13.7. The van der Waals surface area contributed by atoms with E-state index in [2.05, 4.69) is 12.2 Å². The van der Waals surface area contributed by atoms with E-state index in [0.29, 0.717) is 13.0 Å². The van der Waals surface area contributed by atoms with Gasteiger partial charge in [0.15, 0.2) is 0 Å². The molecule has 18 heavy (non-hydrogen) atoms. The van der Waals surface area contributed by atoms with Crippen LogP contribution < -0.4 is 5.32 Å². The first-order valence-electron chi connectivity index (χ1n) is 6.62. The zero-order valence-corrected chi connectivity index (χ0v) is 11.8. The summed E-state index contributed by atoms with van der Waals surface area (Å²) in [4.78, 5) is 0. The van der Waals surface area contributed by atoms with Crippen molar-refractivity contribution in [3.8, 4) is 0 Å². The fourth-order valence-corrected chi connectivity index (χ4v) is 2.17. The second-order valence-electron chi connectivity index (χ2n) is 4.94. The summed E-state index contributed by atoms with van der Waals surface area (Å²) in [5.41, 5.74) is 0.420. The molecule has 0 aliphatic carbocycles. The van der Waals surface area contributed by atoms with Gasteiger partial charge in [-0.3, -0.25) is 0 Å². The lowest BCUT2D eigenvalue weighted by Crippen LogP contribution is -2.50. The quantitative estimate of drug-likeness (QED) is 0.806. The molecule has 1 rings (SSSR count). The molecule has 0 amide bonds. The van der Waals surface area contributed by atoms with Gasteiger partial charge in [-0.05, 0) is 45.4 Å². The third-order valence-electron chi connectivity index (χ3n) is 3.19. The average Bonchev–Trinajstić information content (AvgIpc) is 2.31. The van der Waals surface area contributed by atoms with E-state index in [9.17, 15) is 4.39 Å². The Hall–Kier alpha value is -0.930. The van der Waals surface area contributed by atoms with Gasteiger partial charge >= 0.3 is 0 Å². The maximum Gasteiger partial charge on any atom is 0.126 e. The first kappa shape index (κ1) is 15.1. The van der Waals surface area contributed by atoms with Crippen molar-refractivity contribution in [2.45, 2.75) is 45.8 Å². The monoisotopic (exact) mass is 253 g/mol. The van der Waals surface area contributed by atoms with Crippen LogP contribution in [0.2, 0.25) is 0 Å². The minimum atomic E-state index is -0.312. The molecule has 0 spiro atoms. The van der Waals surface area contributed by atoms with Crippen LogP contribution in [0.5, 0.6) is 0 Å². The summed E-state index contributed by atoms with van der Waals surface area (Å²) in [5.74, 6) is -0.146. The van der Waals surface area contributed by atoms with E-state index < -0.39 is 0 Å². The van der Waals surface area contributed by atoms with Crippen LogP contribution in [0.4, 0.5) is 4.39 Å². The van der Waals surface area contributed by atoms with Crippen molar-refractivity contribution in [1.29, 1.82) is 0 Å². The van der Waals surface area contributed by atoms with E-state index in [1.165, 1.54) is 6.07 Å². The van der Waals surface area contributed by atoms with Gasteiger partial charge in [-0.25, -0.2) is 4.39 Å². The molecule has 1 unspecified atom stereocenters. The largest absolute Gasteiger partial charge is 0.374 e. The summed E-state index contributed by atoms with van der Waals surface area (Å²) >= 11 is 0. The number of hydrogen-bond donors (Lipinski definition) is 1. The van der Waals surface area contributed by atoms with E-state index >= 15 is 0 Å². The normalized spacial score (nSPS) is 13.6. The summed E-state index contributed by atoms with van der Waals surface area (Å²) in [5, 5.41) is 3.39. The van der Waals surface area contributed by atoms with Gasteiger partial charge in [-0.2, -0.15) is 0 Å². The Kier molecular flexibility index (Phi) is 5.76. The van der Waals surface area contributed by atoms with Crippen molar-refractivity contribution in [1.82, 2.24) is 5.32 Å². The highest BCUT2D eigenvalue weighted by Gasteiger charge is 2.29. The minimum Gasteiger partial charge on any atom is -0.374 e. The Bertz CT molecular complexity index is 365. The molecular formula is C15H24FNO. The smallest absolute Gasteiger partial charge is 0.126 e. The lowest BCUT2D eigenvalue weighted by molar-refractivity contribution is -0.0378. The molecule has 3 heteroatoms. The zero-order valence-electron chi connectivity index (χ0n) is 11.8. The van der Waals surface area contributed by atoms with E-state index in [1.54, 1.807) is 6.07 Å². The second-order valence-corrected chi connectivity index (χ2v) is 4.94. The van der Waals surface area contributed by atoms with Crippen LogP contribution in [0.15, 0.2) is 24.3 Å². The standard InChI is InChI=1S/C15H24FNO/c1-5-17-14(15(3,4)18-6-2)11-12-9-7-8-10-13(12)16/h7-10,14,17H,5-6,11H2,1-4H3. The molecule has 0 heterocycles. The van der Waals surface area contributed by atoms with Gasteiger partial charge < -0.3 is 10.1 Å². The van der Waals surface area contributed by atoms with Gasteiger partial charge in [-0.15, -0.1) is 0 Å². The summed E-state index contributed by atoms with van der Waals surface area (Å²) in [6.07, 6.45) is 0.632. The summed E-state index contributed by atoms with van der Waals surface area (Å²) in [7, 11) is 0. The number of nitrogens with one attached hydrogen (secondary N) is 1. The number of benzene rings is 1. The topological polar surface area (TPSA) is 21.3 Å². The van der Waals surface area contributed by atoms with Gasteiger partial charge in [0.2, 0.25) is 0 Å². The van der Waals surface area contributed by atoms with Crippen LogP contribution in [0.3, 0.4) is 0 Å². The van der Waals surface area contributed by atoms with Crippen molar-refractivity contribution < 1.29 is 9.13 Å². The molecule has 0 fully saturated rings. The molecule has 2 nitrogen and oxygen atoms in total. The molecule has 0 saturated carbocycles. The molecule has 0 bridgehead atoms. The first-order valence-corrected chi connectivity index (χ1v) is 6.62. The van der Waals surface area contributed by atoms with Crippen molar-refractivity contribution in [3.63, 3.8) is 0 Å². The Labute approximate surface area is 110 Å². The molecule has 0 saturated heterocycles. The molecule has 102 valence electrons. The molecule has 1 aromatic rings. The highest BCUT2D eigenvalue weighted by Crippen LogP contribution is 2.20. The van der Waals surface area contributed by atoms with Gasteiger partial charge in [0.05, 0.1) is 5.60 Å². The third kappa shape index (κ3) is 4.07. The predicted octanol–water partition coefficient (Wildman–Crippen LogP) is 3.16. The number of rotatable bonds is 7. The number of hydrogen-bond acceptors (Lipinski definition) is 2. The van der Waals surface area contributed by atoms with E-state index in [0.717, 1.165) is 12.1 Å². The molecule has 0 aliphatic heterocycles. The molecule has 1 N–H and O–H groups in total. The van der Waals surface area contributed by atoms with Crippen LogP contribution in [-0.4, -0.2) is 24.8 Å². The van der Waals surface area contributed by atoms with Crippen molar-refractivity contribution >= 4 is 0 Å². The van der Waals surface area contributed by atoms with Gasteiger partial charge in [0.25, 0.3) is 0 Å². The van der Waals surface area contributed by atoms with Crippen LogP contribution in [0, 0.1) is 5.82 Å². The molecular weight excluding hydrogens is 229 g/mol. The van der Waals surface area contributed by atoms with Crippen LogP contribution >= 0.6 is 0 Å². The molecule has 0 aromatic heterocycles. The first-order chi connectivity index (χ1) is 8.51. The highest BCUT2D eigenvalue weighted by molar-refractivity contribution is 5.19. The maximum absolute atomic E-state index is 13.7. The molecule has 0 aliphatic rings. The number of likely N-dealkylation sites (N-methyl/N-ethyl adjacent to an activating group) is 1. The van der Waals surface area contributed by atoms with Crippen LogP contribution in [0.25, 0.3) is 0 Å². The van der Waals surface area contributed by atoms with Gasteiger partial charge in [-0.1, -0.05) is 25.1 Å². The van der Waals surface area contributed by atoms with Crippen molar-refractivity contribution in [2.24, 2.45) is 0 Å². The Morgan fingerprint density at radius 1 is 1.28 bits per heavy atom. The van der Waals surface area contributed by atoms with Crippen molar-refractivity contribution in [2.75, 3.05) is 13.2 Å². The van der Waals surface area contributed by atoms with E-state index in [4.69, 9.17) is 4.74 Å². The number of ether oxygens (including phenoxy) is 1.